The lowest BCUT2D eigenvalue weighted by molar-refractivity contribution is 0.783. The zero-order valence-corrected chi connectivity index (χ0v) is 23.9. The Balaban J connectivity index is 0.000000168. The van der Waals surface area contributed by atoms with Gasteiger partial charge in [0, 0.05) is 62.7 Å². The van der Waals surface area contributed by atoms with Gasteiger partial charge >= 0.3 is 0 Å². The standard InChI is InChI=1S/2C13H14ClN7/c2*14-3-6-21-8-18-10-11(15)19-13(20-12(10)21)17-7-9-1-4-16-5-2-9/h2*1-2,4-5,8H,3,6-7H2,(H3,15,17,19,20). The summed E-state index contributed by atoms with van der Waals surface area (Å²) in [7, 11) is 0. The van der Waals surface area contributed by atoms with Crippen molar-refractivity contribution in [2.45, 2.75) is 26.2 Å². The molecule has 6 heterocycles. The van der Waals surface area contributed by atoms with Crippen LogP contribution in [0.1, 0.15) is 11.1 Å². The van der Waals surface area contributed by atoms with Crippen LogP contribution in [0.3, 0.4) is 0 Å². The largest absolute Gasteiger partial charge is 0.382 e. The number of nitrogen functional groups attached to an aromatic ring is 2. The van der Waals surface area contributed by atoms with Gasteiger partial charge in [0.15, 0.2) is 22.9 Å². The molecular weight excluding hydrogens is 579 g/mol. The highest BCUT2D eigenvalue weighted by atomic mass is 35.5. The van der Waals surface area contributed by atoms with Crippen molar-refractivity contribution in [1.29, 1.82) is 0 Å². The number of anilines is 4. The van der Waals surface area contributed by atoms with Crippen LogP contribution in [0.15, 0.2) is 61.7 Å². The van der Waals surface area contributed by atoms with Gasteiger partial charge in [0.25, 0.3) is 0 Å². The first kappa shape index (κ1) is 28.7. The number of nitrogens with zero attached hydrogens (tertiary/aromatic N) is 10. The Morgan fingerprint density at radius 3 is 1.40 bits per heavy atom. The van der Waals surface area contributed by atoms with E-state index in [1.807, 2.05) is 33.4 Å². The molecule has 0 unspecified atom stereocenters. The molecule has 0 spiro atoms. The molecule has 0 fully saturated rings. The lowest BCUT2D eigenvalue weighted by atomic mass is 10.3. The summed E-state index contributed by atoms with van der Waals surface area (Å²) in [4.78, 5) is 33.7. The predicted molar refractivity (Wildman–Crippen MR) is 164 cm³/mol. The second-order valence-corrected chi connectivity index (χ2v) is 9.64. The van der Waals surface area contributed by atoms with E-state index in [0.29, 0.717) is 83.8 Å². The van der Waals surface area contributed by atoms with Crippen LogP contribution in [-0.2, 0) is 26.2 Å². The van der Waals surface area contributed by atoms with Crippen LogP contribution in [0.4, 0.5) is 23.5 Å². The normalized spacial score (nSPS) is 10.9. The molecule has 216 valence electrons. The minimum absolute atomic E-state index is 0.352. The van der Waals surface area contributed by atoms with Crippen molar-refractivity contribution in [2.24, 2.45) is 0 Å². The molecule has 6 N–H and O–H groups in total. The monoisotopic (exact) mass is 606 g/mol. The molecule has 0 bridgehead atoms. The van der Waals surface area contributed by atoms with Crippen molar-refractivity contribution in [1.82, 2.24) is 49.0 Å². The summed E-state index contributed by atoms with van der Waals surface area (Å²) in [5, 5.41) is 6.30. The Morgan fingerprint density at radius 1 is 0.619 bits per heavy atom. The third kappa shape index (κ3) is 6.90. The summed E-state index contributed by atoms with van der Waals surface area (Å²) in [5.74, 6) is 2.60. The van der Waals surface area contributed by atoms with Gasteiger partial charge in [-0.3, -0.25) is 9.97 Å². The van der Waals surface area contributed by atoms with Crippen LogP contribution in [0.5, 0.6) is 0 Å². The Morgan fingerprint density at radius 2 is 1.02 bits per heavy atom. The molecule has 0 radical (unpaired) electrons. The summed E-state index contributed by atoms with van der Waals surface area (Å²) < 4.78 is 3.72. The van der Waals surface area contributed by atoms with Crippen LogP contribution in [0, 0.1) is 0 Å². The highest BCUT2D eigenvalue weighted by Gasteiger charge is 2.12. The number of rotatable bonds is 10. The van der Waals surface area contributed by atoms with Crippen LogP contribution < -0.4 is 22.1 Å². The van der Waals surface area contributed by atoms with Gasteiger partial charge in [-0.05, 0) is 35.4 Å². The van der Waals surface area contributed by atoms with Crippen LogP contribution in [0.2, 0.25) is 0 Å². The molecule has 0 saturated carbocycles. The van der Waals surface area contributed by atoms with E-state index in [0.717, 1.165) is 11.1 Å². The van der Waals surface area contributed by atoms with Crippen molar-refractivity contribution in [2.75, 3.05) is 33.9 Å². The molecule has 0 aliphatic heterocycles. The number of aromatic nitrogens is 10. The number of hydrogen-bond donors (Lipinski definition) is 4. The van der Waals surface area contributed by atoms with Gasteiger partial charge in [0.05, 0.1) is 12.7 Å². The highest BCUT2D eigenvalue weighted by Crippen LogP contribution is 2.20. The maximum atomic E-state index is 5.93. The average Bonchev–Trinajstić information content (AvgIpc) is 3.62. The van der Waals surface area contributed by atoms with Gasteiger partial charge in [0.1, 0.15) is 11.0 Å². The number of pyridine rings is 2. The molecule has 42 heavy (non-hydrogen) atoms. The topological polar surface area (TPSA) is 189 Å². The van der Waals surface area contributed by atoms with E-state index in [2.05, 4.69) is 50.5 Å². The van der Waals surface area contributed by atoms with Crippen molar-refractivity contribution in [3.63, 3.8) is 0 Å². The first-order chi connectivity index (χ1) is 20.6. The number of imidazole rings is 2. The third-order valence-electron chi connectivity index (χ3n) is 6.03. The van der Waals surface area contributed by atoms with Crippen LogP contribution in [0.25, 0.3) is 22.3 Å². The first-order valence-electron chi connectivity index (χ1n) is 12.9. The first-order valence-corrected chi connectivity index (χ1v) is 14.0. The number of nitrogens with one attached hydrogen (secondary N) is 2. The summed E-state index contributed by atoms with van der Waals surface area (Å²) in [6, 6.07) is 7.69. The SMILES string of the molecule is Nc1nc(NCc2ccncc2)nc2c1ncn2CCCl.Nc1nc(NCc2ccncc2)nc2c1ncn2CCCl. The molecule has 0 aliphatic rings. The van der Waals surface area contributed by atoms with E-state index < -0.39 is 0 Å². The zero-order valence-electron chi connectivity index (χ0n) is 22.4. The van der Waals surface area contributed by atoms with Gasteiger partial charge in [0.2, 0.25) is 11.9 Å². The summed E-state index contributed by atoms with van der Waals surface area (Å²) >= 11 is 11.5. The van der Waals surface area contributed by atoms with E-state index in [1.54, 1.807) is 37.4 Å². The molecular formula is C26H28Cl2N14. The fourth-order valence-electron chi connectivity index (χ4n) is 3.96. The predicted octanol–water partition coefficient (Wildman–Crippen LogP) is 3.31. The second-order valence-electron chi connectivity index (χ2n) is 8.88. The summed E-state index contributed by atoms with van der Waals surface area (Å²) in [6.07, 6.45) is 10.3. The van der Waals surface area contributed by atoms with Gasteiger partial charge in [-0.15, -0.1) is 23.2 Å². The van der Waals surface area contributed by atoms with E-state index in [1.165, 1.54) is 0 Å². The summed E-state index contributed by atoms with van der Waals surface area (Å²) in [5.41, 5.74) is 16.6. The maximum absolute atomic E-state index is 5.93. The van der Waals surface area contributed by atoms with Crippen LogP contribution in [-0.4, -0.2) is 60.8 Å². The molecule has 6 aromatic heterocycles. The van der Waals surface area contributed by atoms with Crippen molar-refractivity contribution in [3.8, 4) is 0 Å². The third-order valence-corrected chi connectivity index (χ3v) is 6.37. The fourth-order valence-corrected chi connectivity index (χ4v) is 4.33. The van der Waals surface area contributed by atoms with Gasteiger partial charge in [-0.25, -0.2) is 9.97 Å². The van der Waals surface area contributed by atoms with Crippen molar-refractivity contribution < 1.29 is 0 Å². The number of nitrogens with two attached hydrogens (primary N) is 2. The second kappa shape index (κ2) is 13.7. The Hall–Kier alpha value is -4.82. The molecule has 0 aliphatic carbocycles. The minimum atomic E-state index is 0.352. The van der Waals surface area contributed by atoms with Gasteiger partial charge < -0.3 is 31.2 Å². The van der Waals surface area contributed by atoms with E-state index in [-0.39, 0.29) is 0 Å². The molecule has 0 saturated heterocycles. The Bertz CT molecular complexity index is 1610. The van der Waals surface area contributed by atoms with Crippen molar-refractivity contribution in [3.05, 3.63) is 72.8 Å². The van der Waals surface area contributed by atoms with E-state index in [4.69, 9.17) is 34.7 Å². The van der Waals surface area contributed by atoms with Crippen molar-refractivity contribution >= 4 is 69.1 Å². The molecule has 0 amide bonds. The van der Waals surface area contributed by atoms with Gasteiger partial charge in [-0.1, -0.05) is 0 Å². The Kier molecular flexibility index (Phi) is 9.36. The molecule has 6 aromatic rings. The lowest BCUT2D eigenvalue weighted by Crippen LogP contribution is -2.07. The zero-order chi connectivity index (χ0) is 29.3. The highest BCUT2D eigenvalue weighted by molar-refractivity contribution is 6.18. The average molecular weight is 608 g/mol. The molecule has 14 nitrogen and oxygen atoms in total. The van der Waals surface area contributed by atoms with Gasteiger partial charge in [-0.2, -0.15) is 19.9 Å². The molecule has 6 rings (SSSR count). The fraction of sp³-hybridized carbons (Fsp3) is 0.231. The maximum Gasteiger partial charge on any atom is 0.227 e. The Labute approximate surface area is 250 Å². The molecule has 0 aromatic carbocycles. The molecule has 0 atom stereocenters. The lowest BCUT2D eigenvalue weighted by Gasteiger charge is -2.07. The van der Waals surface area contributed by atoms with E-state index in [9.17, 15) is 0 Å². The number of alkyl halides is 2. The number of hydrogen-bond acceptors (Lipinski definition) is 12. The smallest absolute Gasteiger partial charge is 0.227 e. The quantitative estimate of drug-likeness (QED) is 0.167. The number of fused-ring (bicyclic) bond motifs is 2. The van der Waals surface area contributed by atoms with Crippen LogP contribution >= 0.6 is 23.2 Å². The number of halogens is 2. The molecule has 16 heteroatoms. The minimum Gasteiger partial charge on any atom is -0.382 e. The summed E-state index contributed by atoms with van der Waals surface area (Å²) in [6.45, 7) is 2.44. The van der Waals surface area contributed by atoms with E-state index >= 15 is 0 Å². The number of aryl methyl sites for hydroxylation is 2.